The molecular weight excluding hydrogens is 446 g/mol. The molecule has 8 heteroatoms. The Bertz CT molecular complexity index is 997. The van der Waals surface area contributed by atoms with E-state index in [0.717, 1.165) is 48.4 Å². The number of hydrogen-bond acceptors (Lipinski definition) is 4. The van der Waals surface area contributed by atoms with Gasteiger partial charge in [-0.1, -0.05) is 23.2 Å². The van der Waals surface area contributed by atoms with Gasteiger partial charge in [-0.3, -0.25) is 4.90 Å². The quantitative estimate of drug-likeness (QED) is 0.555. The number of aromatic carboxylic acids is 1. The maximum atomic E-state index is 14.4. The monoisotopic (exact) mass is 466 g/mol. The van der Waals surface area contributed by atoms with Gasteiger partial charge in [0.2, 0.25) is 0 Å². The minimum atomic E-state index is -1.20. The van der Waals surface area contributed by atoms with E-state index in [1.54, 1.807) is 24.1 Å². The van der Waals surface area contributed by atoms with E-state index >= 15 is 0 Å². The van der Waals surface area contributed by atoms with Crippen molar-refractivity contribution in [2.45, 2.75) is 48.7 Å². The molecule has 2 atom stereocenters. The number of carbonyl (C=O) groups is 1. The summed E-state index contributed by atoms with van der Waals surface area (Å²) in [4.78, 5) is 14.8. The second-order valence-corrected chi connectivity index (χ2v) is 10.4. The molecule has 3 fully saturated rings. The van der Waals surface area contributed by atoms with Crippen LogP contribution in [-0.4, -0.2) is 45.5 Å². The average Bonchev–Trinajstić information content (AvgIpc) is 3.33. The number of piperazine rings is 1. The molecular formula is C22H21Cl2FN2O2S. The van der Waals surface area contributed by atoms with Gasteiger partial charge in [0.15, 0.2) is 0 Å². The Morgan fingerprint density at radius 3 is 2.43 bits per heavy atom. The van der Waals surface area contributed by atoms with Gasteiger partial charge in [-0.15, -0.1) is 0 Å². The van der Waals surface area contributed by atoms with E-state index in [-0.39, 0.29) is 5.56 Å². The molecule has 1 aliphatic carbocycles. The molecule has 2 saturated heterocycles. The number of rotatable bonds is 6. The van der Waals surface area contributed by atoms with E-state index in [1.165, 1.54) is 6.07 Å². The van der Waals surface area contributed by atoms with E-state index in [1.807, 2.05) is 12.1 Å². The molecule has 2 bridgehead atoms. The van der Waals surface area contributed by atoms with Crippen LogP contribution in [0.2, 0.25) is 10.0 Å². The average molecular weight is 467 g/mol. The molecule has 4 nitrogen and oxygen atoms in total. The van der Waals surface area contributed by atoms with Crippen molar-refractivity contribution >= 4 is 41.1 Å². The number of halogens is 3. The fourth-order valence-corrected chi connectivity index (χ4v) is 6.49. The van der Waals surface area contributed by atoms with Crippen molar-refractivity contribution in [1.82, 2.24) is 9.21 Å². The third-order valence-corrected chi connectivity index (χ3v) is 7.78. The molecule has 0 aromatic heterocycles. The molecule has 2 aliphatic heterocycles. The molecule has 3 aliphatic rings. The normalized spacial score (nSPS) is 24.0. The number of carboxylic acids is 1. The zero-order valence-electron chi connectivity index (χ0n) is 16.2. The number of nitrogens with zero attached hydrogens (tertiary/aromatic N) is 2. The summed E-state index contributed by atoms with van der Waals surface area (Å²) >= 11 is 13.9. The van der Waals surface area contributed by atoms with E-state index in [2.05, 4.69) is 9.21 Å². The van der Waals surface area contributed by atoms with E-state index in [4.69, 9.17) is 23.2 Å². The highest BCUT2D eigenvalue weighted by atomic mass is 35.5. The number of fused-ring (bicyclic) bond motifs is 2. The lowest BCUT2D eigenvalue weighted by Crippen LogP contribution is -2.43. The Balaban J connectivity index is 1.29. The third-order valence-electron chi connectivity index (χ3n) is 6.21. The lowest BCUT2D eigenvalue weighted by atomic mass is 9.98. The predicted molar refractivity (Wildman–Crippen MR) is 117 cm³/mol. The highest BCUT2D eigenvalue weighted by Gasteiger charge is 2.44. The Morgan fingerprint density at radius 1 is 1.10 bits per heavy atom. The molecule has 1 N–H and O–H groups in total. The number of hydrogen-bond donors (Lipinski definition) is 1. The lowest BCUT2D eigenvalue weighted by Gasteiger charge is -2.33. The highest BCUT2D eigenvalue weighted by Crippen LogP contribution is 2.44. The maximum Gasteiger partial charge on any atom is 0.338 e. The molecule has 0 amide bonds. The van der Waals surface area contributed by atoms with Crippen LogP contribution < -0.4 is 0 Å². The van der Waals surface area contributed by atoms with Crippen molar-refractivity contribution in [2.75, 3.05) is 13.1 Å². The van der Waals surface area contributed by atoms with Gasteiger partial charge in [-0.2, -0.15) is 0 Å². The van der Waals surface area contributed by atoms with Gasteiger partial charge in [-0.05, 0) is 78.6 Å². The van der Waals surface area contributed by atoms with Crippen molar-refractivity contribution in [3.05, 3.63) is 62.9 Å². The smallest absolute Gasteiger partial charge is 0.338 e. The fraction of sp³-hybridized carbons (Fsp3) is 0.409. The second kappa shape index (κ2) is 7.99. The molecule has 2 aromatic rings. The lowest BCUT2D eigenvalue weighted by molar-refractivity contribution is 0.0691. The summed E-state index contributed by atoms with van der Waals surface area (Å²) in [6, 6.07) is 9.43. The Kier molecular flexibility index (Phi) is 5.48. The largest absolute Gasteiger partial charge is 0.478 e. The number of benzene rings is 2. The van der Waals surface area contributed by atoms with Gasteiger partial charge in [0, 0.05) is 46.7 Å². The first-order valence-corrected chi connectivity index (χ1v) is 11.6. The summed E-state index contributed by atoms with van der Waals surface area (Å²) in [5.41, 5.74) is 1.73. The standard InChI is InChI=1S/C22H21Cl2FN2O2S/c23-14-4-15(24)6-18(5-14)30-27-11-16-7-17(27)10-26(16)9-13-3-21(25)20(22(28)29)8-19(13)12-1-2-12/h3-6,8,12,16-17H,1-2,7,9-11H2,(H,28,29)/t16-,17?/m0/s1. The fourth-order valence-electron chi connectivity index (χ4n) is 4.66. The molecule has 30 heavy (non-hydrogen) atoms. The van der Waals surface area contributed by atoms with Gasteiger partial charge in [0.05, 0.1) is 5.56 Å². The second-order valence-electron chi connectivity index (χ2n) is 8.38. The summed E-state index contributed by atoms with van der Waals surface area (Å²) in [6.07, 6.45) is 3.18. The molecule has 1 unspecified atom stereocenters. The van der Waals surface area contributed by atoms with Gasteiger partial charge in [0.1, 0.15) is 5.82 Å². The van der Waals surface area contributed by atoms with E-state index in [9.17, 15) is 14.3 Å². The van der Waals surface area contributed by atoms with Crippen LogP contribution in [0.25, 0.3) is 0 Å². The zero-order valence-corrected chi connectivity index (χ0v) is 18.5. The number of likely N-dealkylation sites (tertiary alicyclic amines) is 1. The molecule has 2 heterocycles. The van der Waals surface area contributed by atoms with Crippen LogP contribution in [0, 0.1) is 5.82 Å². The van der Waals surface area contributed by atoms with Crippen LogP contribution in [-0.2, 0) is 6.54 Å². The summed E-state index contributed by atoms with van der Waals surface area (Å²) in [5.74, 6) is -1.46. The topological polar surface area (TPSA) is 43.8 Å². The van der Waals surface area contributed by atoms with Gasteiger partial charge in [-0.25, -0.2) is 13.5 Å². The first-order chi connectivity index (χ1) is 14.4. The molecule has 158 valence electrons. The minimum Gasteiger partial charge on any atom is -0.478 e. The van der Waals surface area contributed by atoms with Crippen molar-refractivity contribution in [1.29, 1.82) is 0 Å². The molecule has 0 radical (unpaired) electrons. The van der Waals surface area contributed by atoms with Crippen molar-refractivity contribution < 1.29 is 14.3 Å². The van der Waals surface area contributed by atoms with Gasteiger partial charge in [0.25, 0.3) is 0 Å². The number of carboxylic acid groups (broad SMARTS) is 1. The summed E-state index contributed by atoms with van der Waals surface area (Å²) in [7, 11) is 0. The first kappa shape index (κ1) is 20.6. The van der Waals surface area contributed by atoms with Crippen LogP contribution in [0.1, 0.15) is 46.7 Å². The SMILES string of the molecule is O=C(O)c1cc(C2CC2)c(CN2CC3C[C@H]2CN3Sc2cc(Cl)cc(Cl)c2)cc1F. The Hall–Kier alpha value is -1.31. The predicted octanol–water partition coefficient (Wildman–Crippen LogP) is 5.67. The first-order valence-electron chi connectivity index (χ1n) is 10.1. The van der Waals surface area contributed by atoms with Gasteiger partial charge >= 0.3 is 5.97 Å². The molecule has 1 saturated carbocycles. The molecule has 5 rings (SSSR count). The minimum absolute atomic E-state index is 0.216. The van der Waals surface area contributed by atoms with Crippen molar-refractivity contribution in [2.24, 2.45) is 0 Å². The Labute approximate surface area is 189 Å². The van der Waals surface area contributed by atoms with Crippen LogP contribution in [0.15, 0.2) is 35.2 Å². The summed E-state index contributed by atoms with van der Waals surface area (Å²) in [5, 5.41) is 10.5. The summed E-state index contributed by atoms with van der Waals surface area (Å²) in [6.45, 7) is 2.51. The van der Waals surface area contributed by atoms with E-state index in [0.29, 0.717) is 34.6 Å². The van der Waals surface area contributed by atoms with Crippen LogP contribution in [0.3, 0.4) is 0 Å². The Morgan fingerprint density at radius 2 is 1.83 bits per heavy atom. The zero-order chi connectivity index (χ0) is 21.0. The third kappa shape index (κ3) is 4.08. The highest BCUT2D eigenvalue weighted by molar-refractivity contribution is 7.97. The maximum absolute atomic E-state index is 14.4. The molecule has 0 spiro atoms. The van der Waals surface area contributed by atoms with E-state index < -0.39 is 11.8 Å². The van der Waals surface area contributed by atoms with Crippen molar-refractivity contribution in [3.63, 3.8) is 0 Å². The van der Waals surface area contributed by atoms with Crippen LogP contribution in [0.4, 0.5) is 4.39 Å². The molecule has 2 aromatic carbocycles. The van der Waals surface area contributed by atoms with Gasteiger partial charge < -0.3 is 5.11 Å². The van der Waals surface area contributed by atoms with Crippen LogP contribution in [0.5, 0.6) is 0 Å². The summed E-state index contributed by atoms with van der Waals surface area (Å²) < 4.78 is 16.8. The van der Waals surface area contributed by atoms with Crippen molar-refractivity contribution in [3.8, 4) is 0 Å². The van der Waals surface area contributed by atoms with Crippen LogP contribution >= 0.6 is 35.1 Å².